The summed E-state index contributed by atoms with van der Waals surface area (Å²) in [7, 11) is 0. The first-order chi connectivity index (χ1) is 15.3. The van der Waals surface area contributed by atoms with Crippen LogP contribution in [0, 0.1) is 29.6 Å². The Bertz CT molecular complexity index is 780. The highest BCUT2D eigenvalue weighted by molar-refractivity contribution is 5.39. The van der Waals surface area contributed by atoms with Gasteiger partial charge in [-0.25, -0.2) is 0 Å². The molecule has 3 rings (SSSR count). The molecule has 1 aromatic rings. The summed E-state index contributed by atoms with van der Waals surface area (Å²) in [6.45, 7) is 7.08. The summed E-state index contributed by atoms with van der Waals surface area (Å²) in [5, 5.41) is 0. The van der Waals surface area contributed by atoms with Crippen LogP contribution in [0.5, 0.6) is 5.75 Å². The molecule has 1 aliphatic carbocycles. The Balaban J connectivity index is 1.44. The van der Waals surface area contributed by atoms with Crippen LogP contribution in [0.4, 0.5) is 17.6 Å². The number of ether oxygens (including phenoxy) is 3. The predicted octanol–water partition coefficient (Wildman–Crippen LogP) is 6.08. The van der Waals surface area contributed by atoms with E-state index in [1.54, 1.807) is 0 Å². The van der Waals surface area contributed by atoms with Gasteiger partial charge in [-0.2, -0.15) is 17.6 Å². The quantitative estimate of drug-likeness (QED) is 0.296. The van der Waals surface area contributed by atoms with Crippen molar-refractivity contribution in [3.63, 3.8) is 0 Å². The molecule has 0 amide bonds. The average Bonchev–Trinajstić information content (AvgIpc) is 2.80. The summed E-state index contributed by atoms with van der Waals surface area (Å²) in [6.07, 6.45) is -0.766. The molecule has 1 aliphatic heterocycles. The Morgan fingerprint density at radius 3 is 2.34 bits per heavy atom. The molecule has 0 aromatic heterocycles. The van der Waals surface area contributed by atoms with Crippen molar-refractivity contribution >= 4 is 0 Å². The van der Waals surface area contributed by atoms with Crippen LogP contribution in [-0.4, -0.2) is 38.0 Å². The largest absolute Gasteiger partial charge is 0.457 e. The summed E-state index contributed by atoms with van der Waals surface area (Å²) in [4.78, 5) is 0. The Morgan fingerprint density at radius 2 is 1.81 bits per heavy atom. The lowest BCUT2D eigenvalue weighted by Gasteiger charge is -2.38. The first kappa shape index (κ1) is 24.6. The lowest BCUT2D eigenvalue weighted by Crippen LogP contribution is -2.41. The summed E-state index contributed by atoms with van der Waals surface area (Å²) in [5.74, 6) is 7.51. The van der Waals surface area contributed by atoms with Gasteiger partial charge < -0.3 is 14.2 Å². The van der Waals surface area contributed by atoms with Crippen molar-refractivity contribution < 1.29 is 31.8 Å². The van der Waals surface area contributed by atoms with Crippen molar-refractivity contribution in [1.29, 1.82) is 0 Å². The minimum atomic E-state index is -5.06. The van der Waals surface area contributed by atoms with Crippen molar-refractivity contribution in [2.75, 3.05) is 13.2 Å². The molecule has 1 heterocycles. The standard InChI is InChI=1S/C25H30F4O3/c1-3-18(4-2)19-8-10-20(11-9-19)23-16-30-22(15-31-23)14-7-17-5-12-21(13-6-17)32-24(26)25(27,28)29/h3,5-6,12-13,18-20,22-24H,1,4,8-11,15-16H2,2H3/t18?,19-,20-,22?,23?,24?. The van der Waals surface area contributed by atoms with Gasteiger partial charge in [0, 0.05) is 5.56 Å². The van der Waals surface area contributed by atoms with E-state index in [0.717, 1.165) is 25.2 Å². The second-order valence-electron chi connectivity index (χ2n) is 8.45. The van der Waals surface area contributed by atoms with E-state index in [4.69, 9.17) is 9.47 Å². The fourth-order valence-corrected chi connectivity index (χ4v) is 4.48. The first-order valence-corrected chi connectivity index (χ1v) is 11.1. The van der Waals surface area contributed by atoms with Gasteiger partial charge in [0.2, 0.25) is 0 Å². The summed E-state index contributed by atoms with van der Waals surface area (Å²) in [6, 6.07) is 5.46. The van der Waals surface area contributed by atoms with E-state index in [-0.39, 0.29) is 18.0 Å². The van der Waals surface area contributed by atoms with Gasteiger partial charge >= 0.3 is 12.5 Å². The second-order valence-corrected chi connectivity index (χ2v) is 8.45. The van der Waals surface area contributed by atoms with E-state index < -0.39 is 12.5 Å². The molecule has 4 atom stereocenters. The summed E-state index contributed by atoms with van der Waals surface area (Å²) in [5.41, 5.74) is 0.566. The van der Waals surface area contributed by atoms with Crippen molar-refractivity contribution in [1.82, 2.24) is 0 Å². The predicted molar refractivity (Wildman–Crippen MR) is 114 cm³/mol. The van der Waals surface area contributed by atoms with Gasteiger partial charge in [0.05, 0.1) is 19.3 Å². The van der Waals surface area contributed by atoms with Crippen LogP contribution >= 0.6 is 0 Å². The van der Waals surface area contributed by atoms with Gasteiger partial charge in [-0.3, -0.25) is 0 Å². The van der Waals surface area contributed by atoms with E-state index in [1.165, 1.54) is 37.1 Å². The molecule has 0 spiro atoms. The number of hydrogen-bond donors (Lipinski definition) is 0. The lowest BCUT2D eigenvalue weighted by atomic mass is 9.73. The highest BCUT2D eigenvalue weighted by Crippen LogP contribution is 2.38. The number of allylic oxidation sites excluding steroid dienone is 1. The van der Waals surface area contributed by atoms with Crippen LogP contribution in [0.3, 0.4) is 0 Å². The van der Waals surface area contributed by atoms with Crippen LogP contribution in [-0.2, 0) is 9.47 Å². The fourth-order valence-electron chi connectivity index (χ4n) is 4.48. The van der Waals surface area contributed by atoms with E-state index in [2.05, 4.69) is 36.2 Å². The van der Waals surface area contributed by atoms with Crippen LogP contribution in [0.1, 0.15) is 44.6 Å². The molecular formula is C25H30F4O3. The van der Waals surface area contributed by atoms with Crippen molar-refractivity contribution in [3.05, 3.63) is 42.5 Å². The van der Waals surface area contributed by atoms with Gasteiger partial charge in [0.1, 0.15) is 11.9 Å². The Morgan fingerprint density at radius 1 is 1.12 bits per heavy atom. The zero-order chi connectivity index (χ0) is 23.1. The number of hydrogen-bond acceptors (Lipinski definition) is 3. The minimum absolute atomic E-state index is 0.0940. The molecule has 7 heteroatoms. The smallest absolute Gasteiger partial charge is 0.452 e. The molecule has 0 bridgehead atoms. The highest BCUT2D eigenvalue weighted by Gasteiger charge is 2.42. The molecule has 1 saturated carbocycles. The van der Waals surface area contributed by atoms with Gasteiger partial charge in [-0.15, -0.1) is 6.58 Å². The topological polar surface area (TPSA) is 27.7 Å². The maximum atomic E-state index is 12.9. The number of rotatable bonds is 6. The first-order valence-electron chi connectivity index (χ1n) is 11.1. The maximum absolute atomic E-state index is 12.9. The number of benzene rings is 1. The number of halogens is 4. The molecule has 4 unspecified atom stereocenters. The van der Waals surface area contributed by atoms with Crippen LogP contribution in [0.15, 0.2) is 36.9 Å². The van der Waals surface area contributed by atoms with E-state index in [9.17, 15) is 17.6 Å². The number of alkyl halides is 4. The van der Waals surface area contributed by atoms with Crippen LogP contribution in [0.2, 0.25) is 0 Å². The molecule has 32 heavy (non-hydrogen) atoms. The van der Waals surface area contributed by atoms with E-state index >= 15 is 0 Å². The molecular weight excluding hydrogens is 424 g/mol. The fraction of sp³-hybridized carbons (Fsp3) is 0.600. The monoisotopic (exact) mass is 454 g/mol. The minimum Gasteiger partial charge on any atom is -0.452 e. The SMILES string of the molecule is C=CC(CC)[C@H]1CC[C@H](C2COC(C#Cc3ccc(OC(F)C(F)(F)F)cc3)CO2)CC1. The Hall–Kier alpha value is -2.04. The molecule has 0 radical (unpaired) electrons. The van der Waals surface area contributed by atoms with E-state index in [0.29, 0.717) is 30.6 Å². The molecule has 1 saturated heterocycles. The van der Waals surface area contributed by atoms with Crippen molar-refractivity contribution in [2.45, 2.75) is 63.8 Å². The van der Waals surface area contributed by atoms with Gasteiger partial charge in [-0.1, -0.05) is 24.8 Å². The second kappa shape index (κ2) is 11.2. The lowest BCUT2D eigenvalue weighted by molar-refractivity contribution is -0.236. The third kappa shape index (κ3) is 6.73. The highest BCUT2D eigenvalue weighted by atomic mass is 19.4. The zero-order valence-electron chi connectivity index (χ0n) is 18.2. The Labute approximate surface area is 187 Å². The molecule has 3 nitrogen and oxygen atoms in total. The van der Waals surface area contributed by atoms with Crippen LogP contribution in [0.25, 0.3) is 0 Å². The van der Waals surface area contributed by atoms with E-state index in [1.807, 2.05) is 0 Å². The maximum Gasteiger partial charge on any atom is 0.457 e. The van der Waals surface area contributed by atoms with Gasteiger partial charge in [0.25, 0.3) is 0 Å². The van der Waals surface area contributed by atoms with Gasteiger partial charge in [0.15, 0.2) is 0 Å². The van der Waals surface area contributed by atoms with Crippen LogP contribution < -0.4 is 4.74 Å². The third-order valence-electron chi connectivity index (χ3n) is 6.37. The Kier molecular flexibility index (Phi) is 8.61. The normalized spacial score (nSPS) is 28.2. The van der Waals surface area contributed by atoms with Crippen molar-refractivity contribution in [3.8, 4) is 17.6 Å². The molecule has 176 valence electrons. The van der Waals surface area contributed by atoms with Crippen molar-refractivity contribution in [2.24, 2.45) is 17.8 Å². The molecule has 0 N–H and O–H groups in total. The molecule has 2 fully saturated rings. The zero-order valence-corrected chi connectivity index (χ0v) is 18.2. The molecule has 1 aromatic carbocycles. The summed E-state index contributed by atoms with van der Waals surface area (Å²) >= 11 is 0. The summed E-state index contributed by atoms with van der Waals surface area (Å²) < 4.78 is 65.7. The third-order valence-corrected chi connectivity index (χ3v) is 6.37. The average molecular weight is 455 g/mol. The van der Waals surface area contributed by atoms with Gasteiger partial charge in [-0.05, 0) is 74.1 Å². The molecule has 2 aliphatic rings.